The summed E-state index contributed by atoms with van der Waals surface area (Å²) in [6, 6.07) is 0. The van der Waals surface area contributed by atoms with Crippen LogP contribution in [-0.2, 0) is 15.2 Å². The summed E-state index contributed by atoms with van der Waals surface area (Å²) in [7, 11) is -9.28. The molecule has 34 heavy (non-hydrogen) atoms. The lowest BCUT2D eigenvalue weighted by atomic mass is 10.0. The Bertz CT molecular complexity index is 470. The van der Waals surface area contributed by atoms with E-state index in [-0.39, 0.29) is 92.2 Å². The van der Waals surface area contributed by atoms with Gasteiger partial charge in [0.05, 0.1) is 0 Å². The van der Waals surface area contributed by atoms with Crippen LogP contribution in [0.1, 0.15) is 110 Å². The van der Waals surface area contributed by atoms with Gasteiger partial charge in [-0.2, -0.15) is 8.42 Å². The first-order valence-corrected chi connectivity index (χ1v) is 13.8. The van der Waals surface area contributed by atoms with Crippen molar-refractivity contribution in [1.29, 1.82) is 0 Å². The van der Waals surface area contributed by atoms with E-state index in [0.29, 0.717) is 6.42 Å². The predicted molar refractivity (Wildman–Crippen MR) is 150 cm³/mol. The summed E-state index contributed by atoms with van der Waals surface area (Å²) >= 11 is 0. The van der Waals surface area contributed by atoms with E-state index in [0.717, 1.165) is 12.8 Å². The summed E-state index contributed by atoms with van der Waals surface area (Å²) in [5.41, 5.74) is 0. The van der Waals surface area contributed by atoms with Gasteiger partial charge in [0.2, 0.25) is 0 Å². The largest absolute Gasteiger partial charge is 0.668 e. The third-order valence-corrected chi connectivity index (χ3v) is 3.99. The molecule has 0 amide bonds. The van der Waals surface area contributed by atoms with Gasteiger partial charge in [0.25, 0.3) is 0 Å². The van der Waals surface area contributed by atoms with E-state index in [1.54, 1.807) is 0 Å². The molecule has 0 atom stereocenters. The van der Waals surface area contributed by atoms with E-state index in [9.17, 15) is 4.79 Å². The molecule has 10 nitrogen and oxygen atoms in total. The van der Waals surface area contributed by atoms with E-state index in [2.05, 4.69) is 6.92 Å². The number of aliphatic carboxylic acids is 1. The maximum absolute atomic E-state index is 10.3. The van der Waals surface area contributed by atoms with Crippen LogP contribution in [-0.4, -0.2) is 149 Å². The van der Waals surface area contributed by atoms with Crippen LogP contribution in [0.3, 0.4) is 0 Å². The SMILES string of the molecule is CCCCCCCCCCCCCCCCCC(=O)O.O=S(=O)(O)O.O[Si](O)(O)O.[MgH2].[MgH2].[MgH2].[MgH2]. The van der Waals surface area contributed by atoms with E-state index >= 15 is 0 Å². The number of carboxylic acid groups (broad SMARTS) is 1. The number of carbonyl (C=O) groups is 1. The van der Waals surface area contributed by atoms with Gasteiger partial charge in [-0.1, -0.05) is 96.8 Å². The molecule has 0 spiro atoms. The van der Waals surface area contributed by atoms with Crippen molar-refractivity contribution in [3.63, 3.8) is 0 Å². The van der Waals surface area contributed by atoms with E-state index < -0.39 is 25.4 Å². The Morgan fingerprint density at radius 2 is 0.765 bits per heavy atom. The van der Waals surface area contributed by atoms with Gasteiger partial charge in [-0.25, -0.2) is 0 Å². The average Bonchev–Trinajstić information content (AvgIpc) is 2.55. The molecule has 0 bridgehead atoms. The molecule has 200 valence electrons. The number of hydrogen-bond donors (Lipinski definition) is 7. The minimum Gasteiger partial charge on any atom is -0.481 e. The maximum atomic E-state index is 10.3. The lowest BCUT2D eigenvalue weighted by molar-refractivity contribution is -0.137. The third kappa shape index (κ3) is 102. The summed E-state index contributed by atoms with van der Waals surface area (Å²) in [5.74, 6) is -0.653. The zero-order chi connectivity index (χ0) is 23.9. The molecule has 16 heteroatoms. The first-order valence-electron chi connectivity index (χ1n) is 10.6. The smallest absolute Gasteiger partial charge is 0.481 e. The second-order valence-corrected chi connectivity index (χ2v) is 9.24. The van der Waals surface area contributed by atoms with Crippen LogP contribution in [0, 0.1) is 0 Å². The molecular formula is C18H50Mg4O10SSi. The zero-order valence-electron chi connectivity index (χ0n) is 18.1. The Kier molecular flexibility index (Phi) is 58.4. The lowest BCUT2D eigenvalue weighted by Gasteiger charge is -2.03. The normalized spacial score (nSPS) is 9.85. The first kappa shape index (κ1) is 52.8. The molecule has 0 saturated carbocycles. The fraction of sp³-hybridized carbons (Fsp3) is 0.944. The van der Waals surface area contributed by atoms with Crippen molar-refractivity contribution in [2.75, 3.05) is 0 Å². The summed E-state index contributed by atoms with van der Waals surface area (Å²) < 4.78 is 31.6. The summed E-state index contributed by atoms with van der Waals surface area (Å²) in [5, 5.41) is 8.52. The number of carboxylic acids is 1. The van der Waals surface area contributed by atoms with E-state index in [1.165, 1.54) is 83.5 Å². The van der Waals surface area contributed by atoms with Crippen LogP contribution in [0.15, 0.2) is 0 Å². The number of unbranched alkanes of at least 4 members (excludes halogenated alkanes) is 14. The van der Waals surface area contributed by atoms with Gasteiger partial charge in [0.15, 0.2) is 0 Å². The maximum Gasteiger partial charge on any atom is 0.668 e. The number of rotatable bonds is 16. The van der Waals surface area contributed by atoms with Gasteiger partial charge >= 0.3 is 118 Å². The molecule has 0 aliphatic rings. The van der Waals surface area contributed by atoms with E-state index in [4.69, 9.17) is 41.8 Å². The van der Waals surface area contributed by atoms with Gasteiger partial charge in [-0.15, -0.1) is 0 Å². The van der Waals surface area contributed by atoms with Crippen LogP contribution in [0.2, 0.25) is 0 Å². The molecular weight excluding hydrogens is 534 g/mol. The van der Waals surface area contributed by atoms with Crippen molar-refractivity contribution >= 4 is 118 Å². The highest BCUT2D eigenvalue weighted by Crippen LogP contribution is 2.13. The highest BCUT2D eigenvalue weighted by molar-refractivity contribution is 7.79. The zero-order valence-corrected chi connectivity index (χ0v) is 19.9. The minimum absolute atomic E-state index is 0. The monoisotopic (exact) mass is 582 g/mol. The summed E-state index contributed by atoms with van der Waals surface area (Å²) in [4.78, 5) is 39.6. The summed E-state index contributed by atoms with van der Waals surface area (Å²) in [6.45, 7) is 2.27. The fourth-order valence-corrected chi connectivity index (χ4v) is 2.65. The highest BCUT2D eigenvalue weighted by atomic mass is 32.3. The second-order valence-electron chi connectivity index (χ2n) is 7.14. The van der Waals surface area contributed by atoms with Crippen molar-refractivity contribution < 1.29 is 46.6 Å². The second kappa shape index (κ2) is 37.6. The van der Waals surface area contributed by atoms with Gasteiger partial charge < -0.3 is 24.3 Å². The predicted octanol–water partition coefficient (Wildman–Crippen LogP) is -0.594. The van der Waals surface area contributed by atoms with Crippen LogP contribution in [0.25, 0.3) is 0 Å². The Morgan fingerprint density at radius 3 is 0.941 bits per heavy atom. The quantitative estimate of drug-likeness (QED) is 0.0701. The highest BCUT2D eigenvalue weighted by Gasteiger charge is 2.22. The van der Waals surface area contributed by atoms with E-state index in [1.807, 2.05) is 0 Å². The fourth-order valence-electron chi connectivity index (χ4n) is 2.65. The Labute approximate surface area is 271 Å². The minimum atomic E-state index is -4.67. The standard InChI is InChI=1S/C18H36O2.4Mg.H2O4S.H4O4Si.8H/c1-2-3-4-5-6-7-8-9-10-11-12-13-14-15-16-17-18(19)20;;;;;2*1-5(2,3)4;;;;;;;;/h2-17H2,1H3,(H,19,20);;;;;(H2,1,2,3,4);1-4H;;;;;;;;. The van der Waals surface area contributed by atoms with Crippen molar-refractivity contribution in [2.45, 2.75) is 110 Å². The first-order chi connectivity index (χ1) is 13.8. The Hall–Kier alpha value is 2.46. The molecule has 0 heterocycles. The molecule has 0 fully saturated rings. The van der Waals surface area contributed by atoms with Crippen molar-refractivity contribution in [3.8, 4) is 0 Å². The lowest BCUT2D eigenvalue weighted by Crippen LogP contribution is -2.33. The van der Waals surface area contributed by atoms with Crippen LogP contribution < -0.4 is 0 Å². The van der Waals surface area contributed by atoms with Gasteiger partial charge in [0.1, 0.15) is 0 Å². The number of hydrogen-bond acceptors (Lipinski definition) is 7. The molecule has 0 radical (unpaired) electrons. The molecule has 0 aromatic carbocycles. The van der Waals surface area contributed by atoms with Crippen LogP contribution in [0.4, 0.5) is 0 Å². The molecule has 0 saturated heterocycles. The molecule has 0 rings (SSSR count). The molecule has 0 aliphatic carbocycles. The van der Waals surface area contributed by atoms with Gasteiger partial charge in [-0.3, -0.25) is 13.9 Å². The van der Waals surface area contributed by atoms with Gasteiger partial charge in [0, 0.05) is 6.42 Å². The van der Waals surface area contributed by atoms with Crippen molar-refractivity contribution in [3.05, 3.63) is 0 Å². The average molecular weight is 584 g/mol. The molecule has 0 aromatic rings. The van der Waals surface area contributed by atoms with Crippen molar-refractivity contribution in [2.24, 2.45) is 0 Å². The molecule has 7 N–H and O–H groups in total. The Morgan fingerprint density at radius 1 is 0.588 bits per heavy atom. The van der Waals surface area contributed by atoms with Crippen LogP contribution in [0.5, 0.6) is 0 Å². The molecule has 0 aromatic heterocycles. The third-order valence-electron chi connectivity index (χ3n) is 3.99. The Balaban J connectivity index is -0.0000000882. The topological polar surface area (TPSA) is 193 Å². The van der Waals surface area contributed by atoms with Crippen LogP contribution >= 0.6 is 0 Å². The molecule has 0 unspecified atom stereocenters. The summed E-state index contributed by atoms with van der Waals surface area (Å²) in [6.07, 6.45) is 20.2. The molecule has 0 aliphatic heterocycles. The van der Waals surface area contributed by atoms with Crippen molar-refractivity contribution in [1.82, 2.24) is 0 Å². The van der Waals surface area contributed by atoms with Gasteiger partial charge in [-0.05, 0) is 6.42 Å².